The van der Waals surface area contributed by atoms with Crippen molar-refractivity contribution in [2.24, 2.45) is 21.7 Å². The van der Waals surface area contributed by atoms with Gasteiger partial charge in [0.05, 0.1) is 11.3 Å². The number of hydrogen-bond acceptors (Lipinski definition) is 4. The van der Waals surface area contributed by atoms with E-state index in [1.807, 2.05) is 0 Å². The Morgan fingerprint density at radius 3 is 2.23 bits per heavy atom. The number of hydrogen-bond donors (Lipinski definition) is 1. The Morgan fingerprint density at radius 1 is 1.12 bits per heavy atom. The lowest BCUT2D eigenvalue weighted by Gasteiger charge is -2.41. The summed E-state index contributed by atoms with van der Waals surface area (Å²) in [6.07, 6.45) is 2.55. The fraction of sp³-hybridized carbons (Fsp3) is 0.850. The molecule has 5 nitrogen and oxygen atoms in total. The van der Waals surface area contributed by atoms with Crippen LogP contribution < -0.4 is 4.72 Å². The molecular weight excluding hydrogens is 346 g/mol. The summed E-state index contributed by atoms with van der Waals surface area (Å²) in [6.45, 7) is 17.0. The van der Waals surface area contributed by atoms with Gasteiger partial charge in [0.2, 0.25) is 10.0 Å². The molecule has 0 radical (unpaired) electrons. The molecule has 2 aliphatic heterocycles. The highest BCUT2D eigenvalue weighted by atomic mass is 32.2. The first kappa shape index (κ1) is 19.9. The lowest BCUT2D eigenvalue weighted by molar-refractivity contribution is 0.389. The highest BCUT2D eigenvalue weighted by Gasteiger charge is 2.43. The summed E-state index contributed by atoms with van der Waals surface area (Å²) in [6, 6.07) is 0.178. The van der Waals surface area contributed by atoms with E-state index in [1.54, 1.807) is 0 Å². The highest BCUT2D eigenvalue weighted by molar-refractivity contribution is 7.90. The van der Waals surface area contributed by atoms with Crippen LogP contribution in [0.3, 0.4) is 0 Å². The molecule has 1 aliphatic carbocycles. The number of nitrogens with zero attached hydrogens (tertiary/aromatic N) is 2. The van der Waals surface area contributed by atoms with Gasteiger partial charge in [-0.25, -0.2) is 13.1 Å². The maximum atomic E-state index is 12.2. The van der Waals surface area contributed by atoms with Crippen LogP contribution in [0, 0.1) is 16.7 Å². The van der Waals surface area contributed by atoms with E-state index in [9.17, 15) is 8.42 Å². The lowest BCUT2D eigenvalue weighted by Crippen LogP contribution is -2.43. The molecule has 3 aliphatic rings. The lowest BCUT2D eigenvalue weighted by atomic mass is 9.79. The second-order valence-corrected chi connectivity index (χ2v) is 12.3. The summed E-state index contributed by atoms with van der Waals surface area (Å²) in [4.78, 5) is 7.46. The Bertz CT molecular complexity index is 734. The molecule has 0 bridgehead atoms. The Balaban J connectivity index is 1.86. The molecule has 0 aromatic carbocycles. The molecule has 2 atom stereocenters. The van der Waals surface area contributed by atoms with E-state index < -0.39 is 10.0 Å². The first-order valence-corrected chi connectivity index (χ1v) is 11.4. The molecule has 2 fully saturated rings. The second-order valence-electron chi connectivity index (χ2n) is 10.3. The number of sulfonamides is 1. The quantitative estimate of drug-likeness (QED) is 0.810. The summed E-state index contributed by atoms with van der Waals surface area (Å²) in [7, 11) is -3.12. The van der Waals surface area contributed by atoms with Crippen LogP contribution >= 0.6 is 0 Å². The molecule has 148 valence electrons. The minimum atomic E-state index is -3.12. The van der Waals surface area contributed by atoms with Crippen molar-refractivity contribution in [3.8, 4) is 0 Å². The Kier molecular flexibility index (Phi) is 4.84. The van der Waals surface area contributed by atoms with Gasteiger partial charge < -0.3 is 4.90 Å². The van der Waals surface area contributed by atoms with Gasteiger partial charge in [-0.15, -0.1) is 0 Å². The molecular formula is C20H35N3O2S. The van der Waals surface area contributed by atoms with Gasteiger partial charge in [0.15, 0.2) is 0 Å². The van der Waals surface area contributed by atoms with E-state index in [0.29, 0.717) is 12.5 Å². The van der Waals surface area contributed by atoms with Gasteiger partial charge in [-0.3, -0.25) is 4.99 Å². The van der Waals surface area contributed by atoms with Crippen molar-refractivity contribution in [1.29, 1.82) is 0 Å². The summed E-state index contributed by atoms with van der Waals surface area (Å²) in [5, 5.41) is -0.150. The van der Waals surface area contributed by atoms with Gasteiger partial charge in [-0.05, 0) is 43.1 Å². The van der Waals surface area contributed by atoms with Crippen molar-refractivity contribution in [1.82, 2.24) is 9.62 Å². The van der Waals surface area contributed by atoms with E-state index in [1.165, 1.54) is 11.3 Å². The van der Waals surface area contributed by atoms with Crippen molar-refractivity contribution >= 4 is 15.9 Å². The Labute approximate surface area is 159 Å². The van der Waals surface area contributed by atoms with Gasteiger partial charge in [0, 0.05) is 24.2 Å². The maximum absolute atomic E-state index is 12.2. The standard InChI is InChI=1S/C20H35N3O2S/c1-13-17(19(2,3)4)16-10-14(11-21-26(24,25)15-8-9-15)12-23(16)18(22-13)20(5,6)7/h13-15,21H,8-12H2,1-7H3/t13-,14+/m0/s1. The van der Waals surface area contributed by atoms with Crippen LogP contribution in [-0.2, 0) is 10.0 Å². The SMILES string of the molecule is C[C@@H]1N=C(C(C)(C)C)N2C[C@@H](CNS(=O)(=O)C3CC3)CC2=C1C(C)(C)C. The van der Waals surface area contributed by atoms with E-state index in [4.69, 9.17) is 4.99 Å². The molecule has 0 unspecified atom stereocenters. The highest BCUT2D eigenvalue weighted by Crippen LogP contribution is 2.44. The van der Waals surface area contributed by atoms with Crippen molar-refractivity contribution < 1.29 is 8.42 Å². The summed E-state index contributed by atoms with van der Waals surface area (Å²) in [5.41, 5.74) is 2.81. The zero-order valence-corrected chi connectivity index (χ0v) is 18.2. The van der Waals surface area contributed by atoms with Gasteiger partial charge in [-0.1, -0.05) is 41.5 Å². The van der Waals surface area contributed by atoms with Crippen LogP contribution in [0.2, 0.25) is 0 Å². The molecule has 0 aromatic heterocycles. The largest absolute Gasteiger partial charge is 0.333 e. The third-order valence-electron chi connectivity index (χ3n) is 5.56. The van der Waals surface area contributed by atoms with Crippen LogP contribution in [0.5, 0.6) is 0 Å². The summed E-state index contributed by atoms with van der Waals surface area (Å²) < 4.78 is 27.3. The number of amidine groups is 1. The van der Waals surface area contributed by atoms with E-state index in [0.717, 1.165) is 31.6 Å². The van der Waals surface area contributed by atoms with Crippen molar-refractivity contribution in [3.63, 3.8) is 0 Å². The van der Waals surface area contributed by atoms with E-state index >= 15 is 0 Å². The van der Waals surface area contributed by atoms with Gasteiger partial charge in [0.1, 0.15) is 5.84 Å². The number of aliphatic imine (C=N–C) groups is 1. The third kappa shape index (κ3) is 3.86. The average Bonchev–Trinajstić information content (AvgIpc) is 3.23. The van der Waals surface area contributed by atoms with Gasteiger partial charge in [0.25, 0.3) is 0 Å². The zero-order valence-electron chi connectivity index (χ0n) is 17.4. The minimum absolute atomic E-state index is 0.0225. The molecule has 1 saturated carbocycles. The Hall–Kier alpha value is -0.880. The first-order chi connectivity index (χ1) is 11.8. The topological polar surface area (TPSA) is 61.8 Å². The molecule has 0 aromatic rings. The monoisotopic (exact) mass is 381 g/mol. The fourth-order valence-electron chi connectivity index (χ4n) is 4.37. The van der Waals surface area contributed by atoms with Crippen molar-refractivity contribution in [2.75, 3.05) is 13.1 Å². The third-order valence-corrected chi connectivity index (χ3v) is 7.48. The smallest absolute Gasteiger partial charge is 0.214 e. The molecule has 6 heteroatoms. The van der Waals surface area contributed by atoms with Crippen molar-refractivity contribution in [2.45, 2.75) is 79.0 Å². The average molecular weight is 382 g/mol. The van der Waals surface area contributed by atoms with E-state index in [-0.39, 0.29) is 22.1 Å². The molecule has 1 N–H and O–H groups in total. The number of allylic oxidation sites excluding steroid dienone is 1. The first-order valence-electron chi connectivity index (χ1n) is 9.88. The predicted octanol–water partition coefficient (Wildman–Crippen LogP) is 3.54. The van der Waals surface area contributed by atoms with Crippen LogP contribution in [0.25, 0.3) is 0 Å². The Morgan fingerprint density at radius 2 is 1.73 bits per heavy atom. The van der Waals surface area contributed by atoms with Crippen LogP contribution in [-0.4, -0.2) is 43.5 Å². The number of rotatable bonds is 4. The molecule has 1 saturated heterocycles. The molecule has 0 amide bonds. The maximum Gasteiger partial charge on any atom is 0.214 e. The summed E-state index contributed by atoms with van der Waals surface area (Å²) in [5.74, 6) is 1.44. The van der Waals surface area contributed by atoms with Gasteiger partial charge >= 0.3 is 0 Å². The van der Waals surface area contributed by atoms with Crippen LogP contribution in [0.4, 0.5) is 0 Å². The van der Waals surface area contributed by atoms with Crippen molar-refractivity contribution in [3.05, 3.63) is 11.3 Å². The van der Waals surface area contributed by atoms with Crippen LogP contribution in [0.1, 0.15) is 67.7 Å². The van der Waals surface area contributed by atoms with Gasteiger partial charge in [-0.2, -0.15) is 0 Å². The molecule has 0 spiro atoms. The normalized spacial score (nSPS) is 27.7. The number of fused-ring (bicyclic) bond motifs is 1. The number of nitrogens with one attached hydrogen (secondary N) is 1. The van der Waals surface area contributed by atoms with E-state index in [2.05, 4.69) is 58.1 Å². The minimum Gasteiger partial charge on any atom is -0.333 e. The molecule has 2 heterocycles. The zero-order chi connectivity index (χ0) is 19.5. The molecule has 3 rings (SSSR count). The fourth-order valence-corrected chi connectivity index (χ4v) is 5.83. The summed E-state index contributed by atoms with van der Waals surface area (Å²) >= 11 is 0. The molecule has 26 heavy (non-hydrogen) atoms. The predicted molar refractivity (Wildman–Crippen MR) is 108 cm³/mol. The van der Waals surface area contributed by atoms with Crippen LogP contribution in [0.15, 0.2) is 16.3 Å². The second kappa shape index (κ2) is 6.33.